The van der Waals surface area contributed by atoms with E-state index < -0.39 is 16.6 Å². The molecule has 1 heterocycles. The maximum atomic E-state index is 12.2. The molecular weight excluding hydrogens is 312 g/mol. The average Bonchev–Trinajstić information content (AvgIpc) is 2.34. The molecule has 1 aliphatic heterocycles. The number of amides is 1. The van der Waals surface area contributed by atoms with Crippen LogP contribution in [0.4, 0.5) is 4.79 Å². The monoisotopic (exact) mass is 346 g/mol. The fraction of sp³-hybridized carbons (Fsp3) is 0.941. The third-order valence-corrected chi connectivity index (χ3v) is 5.80. The number of nitrogens with one attached hydrogen (secondary N) is 1. The Labute approximate surface area is 144 Å². The Hall–Kier alpha value is -0.620. The minimum atomic E-state index is -1.07. The first-order valence-electron chi connectivity index (χ1n) is 8.49. The van der Waals surface area contributed by atoms with Crippen LogP contribution in [-0.4, -0.2) is 44.2 Å². The van der Waals surface area contributed by atoms with Gasteiger partial charge in [-0.1, -0.05) is 0 Å². The highest BCUT2D eigenvalue weighted by Gasteiger charge is 2.34. The van der Waals surface area contributed by atoms with Crippen LogP contribution in [0.3, 0.4) is 0 Å². The maximum absolute atomic E-state index is 12.2. The smallest absolute Gasteiger partial charge is 0.410 e. The van der Waals surface area contributed by atoms with Crippen molar-refractivity contribution >= 4 is 17.1 Å². The summed E-state index contributed by atoms with van der Waals surface area (Å²) in [6.45, 7) is 16.4. The van der Waals surface area contributed by atoms with Gasteiger partial charge in [0.2, 0.25) is 0 Å². The number of likely N-dealkylation sites (tertiary alicyclic amines) is 1. The number of nitrogens with zero attached hydrogens (tertiary/aromatic N) is 1. The molecule has 1 saturated heterocycles. The zero-order valence-electron chi connectivity index (χ0n) is 15.9. The molecule has 0 aromatic rings. The van der Waals surface area contributed by atoms with Crippen molar-refractivity contribution in [3.05, 3.63) is 0 Å². The topological polar surface area (TPSA) is 58.6 Å². The highest BCUT2D eigenvalue weighted by Crippen LogP contribution is 2.27. The second kappa shape index (κ2) is 7.51. The van der Waals surface area contributed by atoms with Crippen LogP contribution in [0.5, 0.6) is 0 Å². The highest BCUT2D eigenvalue weighted by molar-refractivity contribution is 7.84. The van der Waals surface area contributed by atoms with Gasteiger partial charge in [0.1, 0.15) is 5.60 Å². The van der Waals surface area contributed by atoms with Crippen molar-refractivity contribution in [2.45, 2.75) is 90.7 Å². The first-order valence-corrected chi connectivity index (χ1v) is 9.64. The van der Waals surface area contributed by atoms with Gasteiger partial charge in [-0.3, -0.25) is 0 Å². The molecule has 0 bridgehead atoms. The summed E-state index contributed by atoms with van der Waals surface area (Å²) in [5.74, 6) is 0.412. The third-order valence-electron chi connectivity index (χ3n) is 4.10. The number of carbonyl (C=O) groups excluding carboxylic acids is 1. The zero-order chi connectivity index (χ0) is 18.0. The molecular formula is C17H34N2O3S. The Morgan fingerprint density at radius 3 is 2.26 bits per heavy atom. The Morgan fingerprint density at radius 1 is 1.26 bits per heavy atom. The van der Waals surface area contributed by atoms with E-state index in [-0.39, 0.29) is 22.9 Å². The summed E-state index contributed by atoms with van der Waals surface area (Å²) < 4.78 is 20.7. The molecule has 23 heavy (non-hydrogen) atoms. The summed E-state index contributed by atoms with van der Waals surface area (Å²) >= 11 is 0. The lowest BCUT2D eigenvalue weighted by molar-refractivity contribution is 0.00576. The molecule has 0 aliphatic carbocycles. The van der Waals surface area contributed by atoms with E-state index in [0.29, 0.717) is 12.5 Å². The molecule has 136 valence electrons. The van der Waals surface area contributed by atoms with Crippen molar-refractivity contribution in [2.75, 3.05) is 6.54 Å². The van der Waals surface area contributed by atoms with Gasteiger partial charge in [-0.25, -0.2) is 13.7 Å². The molecule has 0 aromatic heterocycles. The van der Waals surface area contributed by atoms with E-state index in [4.69, 9.17) is 4.74 Å². The minimum absolute atomic E-state index is 0.135. The van der Waals surface area contributed by atoms with Crippen LogP contribution in [0, 0.1) is 5.92 Å². The van der Waals surface area contributed by atoms with E-state index in [1.807, 2.05) is 46.4 Å². The second-order valence-corrected chi connectivity index (χ2v) is 10.6. The average molecular weight is 347 g/mol. The largest absolute Gasteiger partial charge is 0.444 e. The van der Waals surface area contributed by atoms with Crippen LogP contribution in [0.25, 0.3) is 0 Å². The Balaban J connectivity index is 2.58. The first kappa shape index (κ1) is 20.4. The van der Waals surface area contributed by atoms with Crippen LogP contribution >= 0.6 is 0 Å². The summed E-state index contributed by atoms with van der Waals surface area (Å²) in [6.07, 6.45) is 1.57. The normalized spacial score (nSPS) is 25.8. The van der Waals surface area contributed by atoms with Crippen LogP contribution in [-0.2, 0) is 15.7 Å². The van der Waals surface area contributed by atoms with Crippen molar-refractivity contribution in [1.82, 2.24) is 9.62 Å². The third kappa shape index (κ3) is 6.42. The molecule has 1 aliphatic rings. The van der Waals surface area contributed by atoms with Crippen LogP contribution in [0.1, 0.15) is 68.2 Å². The van der Waals surface area contributed by atoms with Crippen molar-refractivity contribution in [3.8, 4) is 0 Å². The van der Waals surface area contributed by atoms with Crippen LogP contribution in [0.2, 0.25) is 0 Å². The summed E-state index contributed by atoms with van der Waals surface area (Å²) in [4.78, 5) is 14.1. The predicted octanol–water partition coefficient (Wildman–Crippen LogP) is 3.46. The molecule has 1 N–H and O–H groups in total. The van der Waals surface area contributed by atoms with Gasteiger partial charge in [-0.2, -0.15) is 0 Å². The van der Waals surface area contributed by atoms with Gasteiger partial charge in [-0.15, -0.1) is 0 Å². The number of ether oxygens (including phenoxy) is 1. The van der Waals surface area contributed by atoms with Gasteiger partial charge < -0.3 is 9.64 Å². The second-order valence-electron chi connectivity index (χ2n) is 8.59. The molecule has 6 heteroatoms. The van der Waals surface area contributed by atoms with E-state index >= 15 is 0 Å². The van der Waals surface area contributed by atoms with E-state index in [9.17, 15) is 9.00 Å². The Bertz CT molecular complexity index is 440. The van der Waals surface area contributed by atoms with Gasteiger partial charge >= 0.3 is 6.09 Å². The van der Waals surface area contributed by atoms with E-state index in [1.165, 1.54) is 0 Å². The molecule has 4 atom stereocenters. The number of hydrogen-bond donors (Lipinski definition) is 1. The lowest BCUT2D eigenvalue weighted by atomic mass is 9.87. The first-order chi connectivity index (χ1) is 10.3. The quantitative estimate of drug-likeness (QED) is 0.851. The number of rotatable bonds is 3. The molecule has 1 fully saturated rings. The maximum Gasteiger partial charge on any atom is 0.410 e. The van der Waals surface area contributed by atoms with E-state index in [1.54, 1.807) is 0 Å². The molecule has 5 nitrogen and oxygen atoms in total. The van der Waals surface area contributed by atoms with Gasteiger partial charge in [0.05, 0.1) is 15.7 Å². The van der Waals surface area contributed by atoms with Crippen molar-refractivity contribution in [1.29, 1.82) is 0 Å². The standard InChI is InChI=1S/C17H34N2O3S/c1-12-11-14(13(2)18-23(21)17(6,7)8)9-10-19(12)15(20)22-16(3,4)5/h12-14,18H,9-11H2,1-8H3/t12?,13-,14?,23?/m0/s1. The van der Waals surface area contributed by atoms with Gasteiger partial charge in [0, 0.05) is 18.6 Å². The van der Waals surface area contributed by atoms with Crippen molar-refractivity contribution in [2.24, 2.45) is 5.92 Å². The summed E-state index contributed by atoms with van der Waals surface area (Å²) in [5, 5.41) is 0. The Kier molecular flexibility index (Phi) is 6.67. The number of piperidine rings is 1. The zero-order valence-corrected chi connectivity index (χ0v) is 16.8. The fourth-order valence-corrected chi connectivity index (χ4v) is 3.58. The van der Waals surface area contributed by atoms with E-state index in [0.717, 1.165) is 12.8 Å². The number of hydrogen-bond acceptors (Lipinski definition) is 3. The van der Waals surface area contributed by atoms with Crippen LogP contribution in [0.15, 0.2) is 0 Å². The molecule has 0 aromatic carbocycles. The fourth-order valence-electron chi connectivity index (χ4n) is 2.70. The summed E-state index contributed by atoms with van der Waals surface area (Å²) in [6, 6.07) is 0.300. The van der Waals surface area contributed by atoms with Crippen molar-refractivity contribution < 1.29 is 13.7 Å². The molecule has 3 unspecified atom stereocenters. The van der Waals surface area contributed by atoms with Gasteiger partial charge in [0.25, 0.3) is 0 Å². The lowest BCUT2D eigenvalue weighted by Crippen LogP contribution is -2.51. The summed E-state index contributed by atoms with van der Waals surface area (Å²) in [7, 11) is -1.07. The molecule has 1 rings (SSSR count). The highest BCUT2D eigenvalue weighted by atomic mass is 32.2. The van der Waals surface area contributed by atoms with E-state index in [2.05, 4.69) is 18.6 Å². The van der Waals surface area contributed by atoms with Gasteiger partial charge in [-0.05, 0) is 74.1 Å². The lowest BCUT2D eigenvalue weighted by Gasteiger charge is -2.40. The number of carbonyl (C=O) groups is 1. The van der Waals surface area contributed by atoms with Crippen LogP contribution < -0.4 is 4.72 Å². The summed E-state index contributed by atoms with van der Waals surface area (Å²) in [5.41, 5.74) is -0.466. The molecule has 1 amide bonds. The minimum Gasteiger partial charge on any atom is -0.444 e. The molecule has 0 spiro atoms. The predicted molar refractivity (Wildman–Crippen MR) is 95.6 cm³/mol. The molecule has 0 radical (unpaired) electrons. The van der Waals surface area contributed by atoms with Gasteiger partial charge in [0.15, 0.2) is 0 Å². The Morgan fingerprint density at radius 2 is 1.83 bits per heavy atom. The SMILES string of the molecule is CC1CC([C@H](C)NS(=O)C(C)(C)C)CCN1C(=O)OC(C)(C)C. The molecule has 0 saturated carbocycles. The van der Waals surface area contributed by atoms with Crippen molar-refractivity contribution in [3.63, 3.8) is 0 Å².